The molecule has 8 heteroatoms. The summed E-state index contributed by atoms with van der Waals surface area (Å²) in [5.74, 6) is 0.425. The van der Waals surface area contributed by atoms with Gasteiger partial charge in [0.1, 0.15) is 6.10 Å². The third kappa shape index (κ3) is 7.91. The summed E-state index contributed by atoms with van der Waals surface area (Å²) in [6.07, 6.45) is -0.101. The van der Waals surface area contributed by atoms with E-state index in [0.29, 0.717) is 60.3 Å². The van der Waals surface area contributed by atoms with Gasteiger partial charge in [-0.15, -0.1) is 0 Å². The first-order valence-corrected chi connectivity index (χ1v) is 11.8. The van der Waals surface area contributed by atoms with Crippen LogP contribution in [0.2, 0.25) is 15.1 Å². The van der Waals surface area contributed by atoms with Gasteiger partial charge in [-0.1, -0.05) is 72.0 Å². The molecule has 0 saturated carbocycles. The molecule has 5 nitrogen and oxygen atoms in total. The Balaban J connectivity index is 1.62. The number of aliphatic hydroxyl groups is 1. The van der Waals surface area contributed by atoms with Crippen LogP contribution in [0.4, 0.5) is 0 Å². The highest BCUT2D eigenvalue weighted by atomic mass is 35.5. The summed E-state index contributed by atoms with van der Waals surface area (Å²) in [6, 6.07) is 13.2. The van der Waals surface area contributed by atoms with Crippen LogP contribution in [0.5, 0.6) is 0 Å². The van der Waals surface area contributed by atoms with Gasteiger partial charge in [0.05, 0.1) is 28.5 Å². The Morgan fingerprint density at radius 1 is 1.12 bits per heavy atom. The Kier molecular flexibility index (Phi) is 9.65. The summed E-state index contributed by atoms with van der Waals surface area (Å²) < 4.78 is 5.62. The highest BCUT2D eigenvalue weighted by Gasteiger charge is 2.26. The molecule has 174 valence electrons. The predicted octanol–water partition coefficient (Wildman–Crippen LogP) is 5.68. The Bertz CT molecular complexity index is 923. The molecule has 1 aliphatic heterocycles. The molecule has 32 heavy (non-hydrogen) atoms. The third-order valence-corrected chi connectivity index (χ3v) is 5.95. The first-order chi connectivity index (χ1) is 15.3. The third-order valence-electron chi connectivity index (χ3n) is 4.97. The zero-order valence-electron chi connectivity index (χ0n) is 18.3. The monoisotopic (exact) mass is 498 g/mol. The molecular weight excluding hydrogens is 471 g/mol. The predicted molar refractivity (Wildman–Crippen MR) is 131 cm³/mol. The number of benzene rings is 2. The molecule has 2 atom stereocenters. The van der Waals surface area contributed by atoms with Crippen molar-refractivity contribution in [2.24, 2.45) is 11.1 Å². The minimum Gasteiger partial charge on any atom is -0.390 e. The summed E-state index contributed by atoms with van der Waals surface area (Å²) in [5.41, 5.74) is 2.79. The van der Waals surface area contributed by atoms with Gasteiger partial charge in [0.25, 0.3) is 0 Å². The summed E-state index contributed by atoms with van der Waals surface area (Å²) in [5, 5.41) is 16.5. The van der Waals surface area contributed by atoms with Crippen molar-refractivity contribution in [1.82, 2.24) is 4.90 Å². The van der Waals surface area contributed by atoms with Crippen LogP contribution < -0.4 is 0 Å². The standard InChI is InChI=1S/C24H29Cl3N2O3/c1-16(2)14-31-15-20(30)12-29(11-17-4-3-5-19(25)8-17)13-21-10-24(28-32-21)18-6-7-22(26)23(27)9-18/h3-9,16,20-21,30H,10-15H2,1-2H3/t20-,21-/m0/s1. The number of hydrogen-bond acceptors (Lipinski definition) is 5. The van der Waals surface area contributed by atoms with Crippen LogP contribution in [0, 0.1) is 5.92 Å². The van der Waals surface area contributed by atoms with E-state index in [1.807, 2.05) is 30.3 Å². The number of aliphatic hydroxyl groups excluding tert-OH is 1. The lowest BCUT2D eigenvalue weighted by atomic mass is 10.0. The number of halogens is 3. The van der Waals surface area contributed by atoms with Gasteiger partial charge >= 0.3 is 0 Å². The van der Waals surface area contributed by atoms with Crippen molar-refractivity contribution < 1.29 is 14.7 Å². The maximum atomic E-state index is 10.5. The van der Waals surface area contributed by atoms with Gasteiger partial charge in [-0.25, -0.2) is 0 Å². The molecule has 3 rings (SSSR count). The van der Waals surface area contributed by atoms with E-state index in [-0.39, 0.29) is 6.10 Å². The first-order valence-electron chi connectivity index (χ1n) is 10.7. The summed E-state index contributed by atoms with van der Waals surface area (Å²) in [7, 11) is 0. The zero-order valence-corrected chi connectivity index (χ0v) is 20.6. The SMILES string of the molecule is CC(C)COC[C@@H](O)CN(Cc1cccc(Cl)c1)C[C@@H]1CC(c2ccc(Cl)c(Cl)c2)=NO1. The van der Waals surface area contributed by atoms with Crippen molar-refractivity contribution in [3.63, 3.8) is 0 Å². The highest BCUT2D eigenvalue weighted by Crippen LogP contribution is 2.26. The molecule has 2 aromatic rings. The summed E-state index contributed by atoms with van der Waals surface area (Å²) in [4.78, 5) is 7.85. The molecule has 0 fully saturated rings. The molecule has 1 N–H and O–H groups in total. The topological polar surface area (TPSA) is 54.3 Å². The van der Waals surface area contributed by atoms with Crippen LogP contribution >= 0.6 is 34.8 Å². The van der Waals surface area contributed by atoms with E-state index < -0.39 is 6.10 Å². The van der Waals surface area contributed by atoms with E-state index in [0.717, 1.165) is 16.8 Å². The molecule has 0 aliphatic carbocycles. The van der Waals surface area contributed by atoms with Crippen LogP contribution in [0.15, 0.2) is 47.6 Å². The number of ether oxygens (including phenoxy) is 1. The van der Waals surface area contributed by atoms with Crippen molar-refractivity contribution in [3.8, 4) is 0 Å². The lowest BCUT2D eigenvalue weighted by Crippen LogP contribution is -2.39. The molecule has 0 aromatic heterocycles. The molecule has 0 radical (unpaired) electrons. The van der Waals surface area contributed by atoms with Gasteiger partial charge in [0.15, 0.2) is 0 Å². The van der Waals surface area contributed by atoms with E-state index in [1.165, 1.54) is 0 Å². The largest absolute Gasteiger partial charge is 0.390 e. The Hall–Kier alpha value is -1.34. The molecule has 0 spiro atoms. The lowest BCUT2D eigenvalue weighted by Gasteiger charge is -2.27. The Morgan fingerprint density at radius 3 is 2.66 bits per heavy atom. The van der Waals surface area contributed by atoms with Gasteiger partial charge in [0, 0.05) is 43.2 Å². The van der Waals surface area contributed by atoms with Crippen LogP contribution in [-0.4, -0.2) is 54.2 Å². The number of hydrogen-bond donors (Lipinski definition) is 1. The Morgan fingerprint density at radius 2 is 1.94 bits per heavy atom. The van der Waals surface area contributed by atoms with Crippen LogP contribution in [-0.2, 0) is 16.1 Å². The zero-order chi connectivity index (χ0) is 23.1. The van der Waals surface area contributed by atoms with E-state index in [4.69, 9.17) is 44.4 Å². The van der Waals surface area contributed by atoms with Crippen molar-refractivity contribution in [1.29, 1.82) is 0 Å². The second kappa shape index (κ2) is 12.2. The van der Waals surface area contributed by atoms with Crippen molar-refractivity contribution in [2.45, 2.75) is 39.0 Å². The molecular formula is C24H29Cl3N2O3. The molecule has 0 bridgehead atoms. The average Bonchev–Trinajstić information content (AvgIpc) is 3.18. The quantitative estimate of drug-likeness (QED) is 0.432. The molecule has 0 unspecified atom stereocenters. The number of rotatable bonds is 11. The second-order valence-electron chi connectivity index (χ2n) is 8.51. The summed E-state index contributed by atoms with van der Waals surface area (Å²) >= 11 is 18.3. The molecule has 0 amide bonds. The smallest absolute Gasteiger partial charge is 0.145 e. The minimum atomic E-state index is -0.607. The van der Waals surface area contributed by atoms with Gasteiger partial charge in [0.2, 0.25) is 0 Å². The fourth-order valence-corrected chi connectivity index (χ4v) is 4.06. The second-order valence-corrected chi connectivity index (χ2v) is 9.76. The van der Waals surface area contributed by atoms with Gasteiger partial charge in [-0.2, -0.15) is 0 Å². The van der Waals surface area contributed by atoms with Gasteiger partial charge in [-0.05, 0) is 35.7 Å². The van der Waals surface area contributed by atoms with Crippen LogP contribution in [0.25, 0.3) is 0 Å². The van der Waals surface area contributed by atoms with Crippen LogP contribution in [0.1, 0.15) is 31.4 Å². The lowest BCUT2D eigenvalue weighted by molar-refractivity contribution is -0.00734. The Labute approximate surface area is 204 Å². The van der Waals surface area contributed by atoms with E-state index >= 15 is 0 Å². The normalized spacial score (nSPS) is 17.0. The van der Waals surface area contributed by atoms with Gasteiger partial charge < -0.3 is 14.7 Å². The molecule has 2 aromatic carbocycles. The van der Waals surface area contributed by atoms with Crippen molar-refractivity contribution >= 4 is 40.5 Å². The van der Waals surface area contributed by atoms with Crippen molar-refractivity contribution in [2.75, 3.05) is 26.3 Å². The maximum Gasteiger partial charge on any atom is 0.145 e. The van der Waals surface area contributed by atoms with E-state index in [1.54, 1.807) is 12.1 Å². The average molecular weight is 500 g/mol. The summed E-state index contributed by atoms with van der Waals surface area (Å²) in [6.45, 7) is 6.76. The van der Waals surface area contributed by atoms with Crippen molar-refractivity contribution in [3.05, 3.63) is 68.7 Å². The van der Waals surface area contributed by atoms with Gasteiger partial charge in [-0.3, -0.25) is 4.90 Å². The fourth-order valence-electron chi connectivity index (χ4n) is 3.55. The first kappa shape index (κ1) is 25.3. The number of oxime groups is 1. The van der Waals surface area contributed by atoms with E-state index in [9.17, 15) is 5.11 Å². The maximum absolute atomic E-state index is 10.5. The molecule has 1 aliphatic rings. The minimum absolute atomic E-state index is 0.137. The van der Waals surface area contributed by atoms with E-state index in [2.05, 4.69) is 23.9 Å². The molecule has 1 heterocycles. The number of nitrogens with zero attached hydrogens (tertiary/aromatic N) is 2. The highest BCUT2D eigenvalue weighted by molar-refractivity contribution is 6.42. The molecule has 0 saturated heterocycles. The van der Waals surface area contributed by atoms with Crippen LogP contribution in [0.3, 0.4) is 0 Å². The fraction of sp³-hybridized carbons (Fsp3) is 0.458.